The summed E-state index contributed by atoms with van der Waals surface area (Å²) < 4.78 is 5.97. The summed E-state index contributed by atoms with van der Waals surface area (Å²) >= 11 is 1.32. The second-order valence-electron chi connectivity index (χ2n) is 6.78. The maximum atomic E-state index is 11.5. The monoisotopic (exact) mass is 432 g/mol. The van der Waals surface area contributed by atoms with E-state index >= 15 is 0 Å². The van der Waals surface area contributed by atoms with Crippen molar-refractivity contribution < 1.29 is 14.6 Å². The minimum Gasteiger partial charge on any atom is -0.489 e. The van der Waals surface area contributed by atoms with E-state index in [9.17, 15) is 9.90 Å². The van der Waals surface area contributed by atoms with Crippen LogP contribution in [0, 0.1) is 0 Å². The first kappa shape index (κ1) is 21.9. The number of aliphatic carboxylic acids is 1. The van der Waals surface area contributed by atoms with Crippen LogP contribution in [0.4, 0.5) is 5.69 Å². The average molecular weight is 433 g/mol. The molecule has 3 rings (SSSR count). The lowest BCUT2D eigenvalue weighted by atomic mass is 10.0. The molecule has 4 N–H and O–H groups in total. The van der Waals surface area contributed by atoms with Crippen molar-refractivity contribution in [3.05, 3.63) is 101 Å². The summed E-state index contributed by atoms with van der Waals surface area (Å²) in [6.45, 7) is 9.83. The number of allylic oxidation sites excluding steroid dienone is 1. The number of hydrogen-bond acceptors (Lipinski definition) is 5. The maximum Gasteiger partial charge on any atom is 0.336 e. The number of carbonyl (C=O) groups is 1. The van der Waals surface area contributed by atoms with Crippen molar-refractivity contribution in [2.45, 2.75) is 13.5 Å². The molecule has 5 nitrogen and oxygen atoms in total. The number of benzene rings is 2. The number of hydrogen-bond donors (Lipinski definition) is 3. The number of thiophene rings is 1. The van der Waals surface area contributed by atoms with Gasteiger partial charge in [0.15, 0.2) is 0 Å². The number of carboxylic acid groups (broad SMARTS) is 1. The molecule has 1 heterocycles. The summed E-state index contributed by atoms with van der Waals surface area (Å²) in [4.78, 5) is 12.1. The second kappa shape index (κ2) is 9.82. The highest BCUT2D eigenvalue weighted by Gasteiger charge is 2.20. The maximum absolute atomic E-state index is 11.5. The zero-order valence-electron chi connectivity index (χ0n) is 17.2. The molecule has 0 fully saturated rings. The van der Waals surface area contributed by atoms with Crippen LogP contribution in [0.1, 0.15) is 28.5 Å². The minimum absolute atomic E-state index is 0.198. The smallest absolute Gasteiger partial charge is 0.336 e. The molecule has 0 aliphatic heterocycles. The topological polar surface area (TPSA) is 84.6 Å². The number of nitrogens with two attached hydrogens (primary N) is 1. The van der Waals surface area contributed by atoms with Gasteiger partial charge in [0, 0.05) is 34.3 Å². The van der Waals surface area contributed by atoms with E-state index in [2.05, 4.69) is 18.5 Å². The summed E-state index contributed by atoms with van der Waals surface area (Å²) in [7, 11) is 0. The van der Waals surface area contributed by atoms with Gasteiger partial charge in [-0.25, -0.2) is 4.79 Å². The molecule has 0 aliphatic carbocycles. The third-order valence-corrected chi connectivity index (χ3v) is 5.66. The molecule has 0 amide bonds. The van der Waals surface area contributed by atoms with Crippen molar-refractivity contribution in [2.75, 3.05) is 5.32 Å². The highest BCUT2D eigenvalue weighted by Crippen LogP contribution is 2.33. The Morgan fingerprint density at radius 2 is 1.94 bits per heavy atom. The summed E-state index contributed by atoms with van der Waals surface area (Å²) in [5.41, 5.74) is 10.5. The van der Waals surface area contributed by atoms with Crippen LogP contribution in [0.2, 0.25) is 0 Å². The standard InChI is InChI=1S/C25H24N2O3S/c1-4-22(25(28)29)24-23(16(2)26)19(15-31-24)14-30-21-12-8-11-20(13-21)27-17(3)18-9-6-5-7-10-18/h4-13,15,27H,2-3,14,26H2,1H3,(H,28,29)/b22-4+. The molecule has 0 aliphatic rings. The van der Waals surface area contributed by atoms with Gasteiger partial charge < -0.3 is 20.9 Å². The lowest BCUT2D eigenvalue weighted by molar-refractivity contribution is -0.130. The molecule has 2 aromatic carbocycles. The zero-order chi connectivity index (χ0) is 22.4. The Balaban J connectivity index is 1.76. The number of nitrogens with one attached hydrogen (secondary N) is 1. The van der Waals surface area contributed by atoms with Crippen LogP contribution >= 0.6 is 11.3 Å². The molecule has 0 saturated heterocycles. The first-order chi connectivity index (χ1) is 14.9. The number of ether oxygens (including phenoxy) is 1. The van der Waals surface area contributed by atoms with Crippen molar-refractivity contribution in [3.8, 4) is 5.75 Å². The molecule has 3 aromatic rings. The van der Waals surface area contributed by atoms with Gasteiger partial charge in [0.1, 0.15) is 12.4 Å². The van der Waals surface area contributed by atoms with Crippen LogP contribution in [0.3, 0.4) is 0 Å². The molecule has 31 heavy (non-hydrogen) atoms. The molecule has 0 spiro atoms. The van der Waals surface area contributed by atoms with Gasteiger partial charge in [0.25, 0.3) is 0 Å². The first-order valence-electron chi connectivity index (χ1n) is 9.60. The van der Waals surface area contributed by atoms with Crippen molar-refractivity contribution >= 4 is 40.0 Å². The van der Waals surface area contributed by atoms with E-state index in [0.717, 1.165) is 22.5 Å². The Kier molecular flexibility index (Phi) is 6.95. The Morgan fingerprint density at radius 3 is 2.58 bits per heavy atom. The van der Waals surface area contributed by atoms with E-state index in [-0.39, 0.29) is 12.2 Å². The molecule has 0 radical (unpaired) electrons. The van der Waals surface area contributed by atoms with Gasteiger partial charge in [0.05, 0.1) is 10.5 Å². The fraction of sp³-hybridized carbons (Fsp3) is 0.0800. The van der Waals surface area contributed by atoms with Gasteiger partial charge in [-0.3, -0.25) is 0 Å². The molecule has 0 bridgehead atoms. The number of anilines is 1. The lowest BCUT2D eigenvalue weighted by Gasteiger charge is -2.13. The predicted octanol–water partition coefficient (Wildman–Crippen LogP) is 5.83. The highest BCUT2D eigenvalue weighted by atomic mass is 32.1. The SMILES string of the molecule is C=C(Nc1cccc(OCc2csc(/C(=C\C)C(=O)O)c2C(=C)N)c1)c1ccccc1. The van der Waals surface area contributed by atoms with Gasteiger partial charge in [0.2, 0.25) is 0 Å². The average Bonchev–Trinajstić information content (AvgIpc) is 3.17. The molecular weight excluding hydrogens is 408 g/mol. The molecule has 0 unspecified atom stereocenters. The Morgan fingerprint density at radius 1 is 1.19 bits per heavy atom. The molecule has 0 atom stereocenters. The van der Waals surface area contributed by atoms with Gasteiger partial charge in [-0.1, -0.05) is 55.6 Å². The molecular formula is C25H24N2O3S. The van der Waals surface area contributed by atoms with Crippen LogP contribution in [0.25, 0.3) is 17.0 Å². The quantitative estimate of drug-likeness (QED) is 0.371. The Labute approximate surface area is 185 Å². The van der Waals surface area contributed by atoms with Gasteiger partial charge in [-0.2, -0.15) is 0 Å². The second-order valence-corrected chi connectivity index (χ2v) is 7.66. The molecule has 158 valence electrons. The van der Waals surface area contributed by atoms with Gasteiger partial charge in [-0.05, 0) is 30.0 Å². The van der Waals surface area contributed by atoms with Gasteiger partial charge in [-0.15, -0.1) is 11.3 Å². The minimum atomic E-state index is -1.00. The van der Waals surface area contributed by atoms with E-state index in [0.29, 0.717) is 21.9 Å². The summed E-state index contributed by atoms with van der Waals surface area (Å²) in [6, 6.07) is 17.4. The zero-order valence-corrected chi connectivity index (χ0v) is 18.0. The third-order valence-electron chi connectivity index (χ3n) is 4.60. The summed E-state index contributed by atoms with van der Waals surface area (Å²) in [6.07, 6.45) is 1.56. The third kappa shape index (κ3) is 5.24. The fourth-order valence-corrected chi connectivity index (χ4v) is 4.27. The van der Waals surface area contributed by atoms with E-state index in [1.54, 1.807) is 13.0 Å². The van der Waals surface area contributed by atoms with Crippen LogP contribution in [-0.4, -0.2) is 11.1 Å². The van der Waals surface area contributed by atoms with Crippen LogP contribution in [0.15, 0.2) is 79.2 Å². The Bertz CT molecular complexity index is 1150. The molecule has 6 heteroatoms. The highest BCUT2D eigenvalue weighted by molar-refractivity contribution is 7.12. The van der Waals surface area contributed by atoms with Crippen molar-refractivity contribution in [1.29, 1.82) is 0 Å². The van der Waals surface area contributed by atoms with Crippen LogP contribution in [0.5, 0.6) is 5.75 Å². The molecule has 0 saturated carbocycles. The van der Waals surface area contributed by atoms with Crippen molar-refractivity contribution in [2.24, 2.45) is 5.73 Å². The first-order valence-corrected chi connectivity index (χ1v) is 10.5. The lowest BCUT2D eigenvalue weighted by Crippen LogP contribution is -2.06. The number of carboxylic acids is 1. The largest absolute Gasteiger partial charge is 0.489 e. The fourth-order valence-electron chi connectivity index (χ4n) is 3.11. The number of rotatable bonds is 9. The van der Waals surface area contributed by atoms with Gasteiger partial charge >= 0.3 is 5.97 Å². The summed E-state index contributed by atoms with van der Waals surface area (Å²) in [5, 5.41) is 14.6. The molecule has 1 aromatic heterocycles. The van der Waals surface area contributed by atoms with Crippen molar-refractivity contribution in [1.82, 2.24) is 0 Å². The van der Waals surface area contributed by atoms with E-state index < -0.39 is 5.97 Å². The predicted molar refractivity (Wildman–Crippen MR) is 129 cm³/mol. The van der Waals surface area contributed by atoms with E-state index in [1.165, 1.54) is 11.3 Å². The van der Waals surface area contributed by atoms with E-state index in [1.807, 2.05) is 60.0 Å². The van der Waals surface area contributed by atoms with Crippen molar-refractivity contribution in [3.63, 3.8) is 0 Å². The normalized spacial score (nSPS) is 11.1. The summed E-state index contributed by atoms with van der Waals surface area (Å²) in [5.74, 6) is -0.339. The van der Waals surface area contributed by atoms with E-state index in [4.69, 9.17) is 10.5 Å². The van der Waals surface area contributed by atoms with Crippen LogP contribution < -0.4 is 15.8 Å². The van der Waals surface area contributed by atoms with Crippen LogP contribution in [-0.2, 0) is 11.4 Å². The Hall–Kier alpha value is -3.77.